The second-order valence-corrected chi connectivity index (χ2v) is 5.96. The van der Waals surface area contributed by atoms with Gasteiger partial charge in [-0.2, -0.15) is 0 Å². The number of nitrogens with one attached hydrogen (secondary N) is 1. The Kier molecular flexibility index (Phi) is 4.42. The van der Waals surface area contributed by atoms with Crippen molar-refractivity contribution < 1.29 is 8.81 Å². The van der Waals surface area contributed by atoms with E-state index in [-0.39, 0.29) is 11.4 Å². The van der Waals surface area contributed by atoms with Gasteiger partial charge in [0.05, 0.1) is 6.20 Å². The van der Waals surface area contributed by atoms with E-state index in [0.29, 0.717) is 12.3 Å². The third-order valence-electron chi connectivity index (χ3n) is 2.89. The van der Waals surface area contributed by atoms with Crippen LogP contribution in [-0.2, 0) is 12.8 Å². The van der Waals surface area contributed by atoms with Crippen LogP contribution in [0.1, 0.15) is 38.6 Å². The quantitative estimate of drug-likeness (QED) is 0.889. The number of benzene rings is 1. The number of halogens is 1. The molecule has 1 aromatic carbocycles. The molecule has 2 aromatic rings. The number of aromatic nitrogens is 1. The van der Waals surface area contributed by atoms with Crippen LogP contribution in [0.5, 0.6) is 0 Å². The molecule has 0 atom stereocenters. The van der Waals surface area contributed by atoms with E-state index < -0.39 is 0 Å². The summed E-state index contributed by atoms with van der Waals surface area (Å²) in [6, 6.07) is 5.33. The average molecular weight is 276 g/mol. The zero-order valence-electron chi connectivity index (χ0n) is 12.2. The van der Waals surface area contributed by atoms with E-state index in [4.69, 9.17) is 4.42 Å². The van der Waals surface area contributed by atoms with Gasteiger partial charge in [-0.15, -0.1) is 0 Å². The fourth-order valence-corrected chi connectivity index (χ4v) is 2.07. The van der Waals surface area contributed by atoms with E-state index in [1.54, 1.807) is 18.5 Å². The highest BCUT2D eigenvalue weighted by Crippen LogP contribution is 2.19. The lowest BCUT2D eigenvalue weighted by Crippen LogP contribution is -2.26. The molecule has 0 aliphatic heterocycles. The number of rotatable bonds is 5. The molecule has 20 heavy (non-hydrogen) atoms. The number of hydrogen-bond acceptors (Lipinski definition) is 3. The van der Waals surface area contributed by atoms with E-state index in [1.807, 2.05) is 12.1 Å². The SMILES string of the molecule is CC(C)(C)Nc1ccc(CCCc2ncco2)c(F)c1. The Morgan fingerprint density at radius 1 is 1.25 bits per heavy atom. The van der Waals surface area contributed by atoms with E-state index in [0.717, 1.165) is 24.1 Å². The third kappa shape index (κ3) is 4.37. The first kappa shape index (κ1) is 14.6. The van der Waals surface area contributed by atoms with Crippen LogP contribution in [0, 0.1) is 5.82 Å². The summed E-state index contributed by atoms with van der Waals surface area (Å²) in [6.45, 7) is 6.15. The van der Waals surface area contributed by atoms with Gasteiger partial charge in [0.15, 0.2) is 5.89 Å². The fraction of sp³-hybridized carbons (Fsp3) is 0.438. The smallest absolute Gasteiger partial charge is 0.193 e. The van der Waals surface area contributed by atoms with E-state index in [2.05, 4.69) is 31.1 Å². The fourth-order valence-electron chi connectivity index (χ4n) is 2.07. The van der Waals surface area contributed by atoms with Gasteiger partial charge in [-0.25, -0.2) is 9.37 Å². The Bertz CT molecular complexity index is 544. The maximum absolute atomic E-state index is 14.0. The van der Waals surface area contributed by atoms with Gasteiger partial charge in [-0.1, -0.05) is 6.07 Å². The summed E-state index contributed by atoms with van der Waals surface area (Å²) in [7, 11) is 0. The molecule has 108 valence electrons. The van der Waals surface area contributed by atoms with Crippen molar-refractivity contribution in [1.82, 2.24) is 4.98 Å². The molecule has 1 heterocycles. The van der Waals surface area contributed by atoms with Crippen LogP contribution in [0.25, 0.3) is 0 Å². The minimum absolute atomic E-state index is 0.0705. The maximum atomic E-state index is 14.0. The third-order valence-corrected chi connectivity index (χ3v) is 2.89. The zero-order valence-corrected chi connectivity index (χ0v) is 12.2. The second kappa shape index (κ2) is 6.07. The van der Waals surface area contributed by atoms with E-state index >= 15 is 0 Å². The lowest BCUT2D eigenvalue weighted by atomic mass is 10.1. The molecule has 0 saturated carbocycles. The topological polar surface area (TPSA) is 38.1 Å². The standard InChI is InChI=1S/C16H21FN2O/c1-16(2,3)19-13-8-7-12(14(17)11-13)5-4-6-15-18-9-10-20-15/h7-11,19H,4-6H2,1-3H3. The zero-order chi connectivity index (χ0) is 14.6. The first-order valence-electron chi connectivity index (χ1n) is 6.89. The number of nitrogens with zero attached hydrogens (tertiary/aromatic N) is 1. The van der Waals surface area contributed by atoms with Crippen LogP contribution in [0.15, 0.2) is 35.1 Å². The van der Waals surface area contributed by atoms with Crippen molar-refractivity contribution in [1.29, 1.82) is 0 Å². The summed E-state index contributed by atoms with van der Waals surface area (Å²) >= 11 is 0. The van der Waals surface area contributed by atoms with Gasteiger partial charge in [0.25, 0.3) is 0 Å². The van der Waals surface area contributed by atoms with Crippen molar-refractivity contribution in [3.05, 3.63) is 47.9 Å². The van der Waals surface area contributed by atoms with Crippen LogP contribution in [0.3, 0.4) is 0 Å². The first-order valence-corrected chi connectivity index (χ1v) is 6.89. The lowest BCUT2D eigenvalue weighted by Gasteiger charge is -2.22. The van der Waals surface area contributed by atoms with Gasteiger partial charge in [0, 0.05) is 17.6 Å². The molecule has 0 aliphatic rings. The summed E-state index contributed by atoms with van der Waals surface area (Å²) in [5, 5.41) is 3.26. The highest BCUT2D eigenvalue weighted by atomic mass is 19.1. The molecule has 2 rings (SSSR count). The molecular formula is C16H21FN2O. The van der Waals surface area contributed by atoms with E-state index in [9.17, 15) is 4.39 Å². The number of hydrogen-bond donors (Lipinski definition) is 1. The predicted molar refractivity (Wildman–Crippen MR) is 78.3 cm³/mol. The van der Waals surface area contributed by atoms with Crippen molar-refractivity contribution in [3.63, 3.8) is 0 Å². The molecule has 0 fully saturated rings. The van der Waals surface area contributed by atoms with Gasteiger partial charge in [-0.3, -0.25) is 0 Å². The van der Waals surface area contributed by atoms with Gasteiger partial charge in [0.2, 0.25) is 0 Å². The molecular weight excluding hydrogens is 255 g/mol. The van der Waals surface area contributed by atoms with Gasteiger partial charge in [0.1, 0.15) is 12.1 Å². The largest absolute Gasteiger partial charge is 0.449 e. The van der Waals surface area contributed by atoms with Crippen LogP contribution in [0.2, 0.25) is 0 Å². The molecule has 4 heteroatoms. The van der Waals surface area contributed by atoms with Crippen molar-refractivity contribution in [3.8, 4) is 0 Å². The van der Waals surface area contributed by atoms with Crippen LogP contribution in [0.4, 0.5) is 10.1 Å². The summed E-state index contributed by atoms with van der Waals surface area (Å²) in [4.78, 5) is 4.05. The second-order valence-electron chi connectivity index (χ2n) is 5.96. The summed E-state index contributed by atoms with van der Waals surface area (Å²) in [5.41, 5.74) is 1.47. The van der Waals surface area contributed by atoms with Crippen LogP contribution in [-0.4, -0.2) is 10.5 Å². The minimum Gasteiger partial charge on any atom is -0.449 e. The Morgan fingerprint density at radius 2 is 2.05 bits per heavy atom. The number of anilines is 1. The predicted octanol–water partition coefficient (Wildman–Crippen LogP) is 4.20. The molecule has 0 bridgehead atoms. The number of oxazole rings is 1. The number of aryl methyl sites for hydroxylation is 2. The monoisotopic (exact) mass is 276 g/mol. The molecule has 0 radical (unpaired) electrons. The average Bonchev–Trinajstić information content (AvgIpc) is 2.83. The molecule has 3 nitrogen and oxygen atoms in total. The Labute approximate surface area is 119 Å². The van der Waals surface area contributed by atoms with Gasteiger partial charge in [-0.05, 0) is 51.3 Å². The Morgan fingerprint density at radius 3 is 2.65 bits per heavy atom. The lowest BCUT2D eigenvalue weighted by molar-refractivity contribution is 0.485. The van der Waals surface area contributed by atoms with Crippen molar-refractivity contribution in [2.24, 2.45) is 0 Å². The maximum Gasteiger partial charge on any atom is 0.193 e. The van der Waals surface area contributed by atoms with Crippen LogP contribution < -0.4 is 5.32 Å². The van der Waals surface area contributed by atoms with Gasteiger partial charge < -0.3 is 9.73 Å². The molecule has 1 aromatic heterocycles. The molecule has 0 spiro atoms. The highest BCUT2D eigenvalue weighted by Gasteiger charge is 2.11. The van der Waals surface area contributed by atoms with Crippen molar-refractivity contribution in [2.45, 2.75) is 45.6 Å². The molecule has 0 saturated heterocycles. The van der Waals surface area contributed by atoms with Gasteiger partial charge >= 0.3 is 0 Å². The van der Waals surface area contributed by atoms with Crippen molar-refractivity contribution in [2.75, 3.05) is 5.32 Å². The summed E-state index contributed by atoms with van der Waals surface area (Å²) in [6.07, 6.45) is 5.42. The molecule has 0 aliphatic carbocycles. The summed E-state index contributed by atoms with van der Waals surface area (Å²) in [5.74, 6) is 0.545. The molecule has 0 amide bonds. The Hall–Kier alpha value is -1.84. The normalized spacial score (nSPS) is 11.6. The van der Waals surface area contributed by atoms with E-state index in [1.165, 1.54) is 0 Å². The molecule has 1 N–H and O–H groups in total. The molecule has 0 unspecified atom stereocenters. The Balaban J connectivity index is 1.92. The highest BCUT2D eigenvalue weighted by molar-refractivity contribution is 5.47. The van der Waals surface area contributed by atoms with Crippen LogP contribution >= 0.6 is 0 Å². The first-order chi connectivity index (χ1) is 9.44. The van der Waals surface area contributed by atoms with Crippen molar-refractivity contribution >= 4 is 5.69 Å². The summed E-state index contributed by atoms with van der Waals surface area (Å²) < 4.78 is 19.2. The minimum atomic E-state index is -0.161.